The van der Waals surface area contributed by atoms with Crippen LogP contribution in [0.2, 0.25) is 5.22 Å². The second-order valence-electron chi connectivity index (χ2n) is 3.66. The van der Waals surface area contributed by atoms with E-state index >= 15 is 0 Å². The van der Waals surface area contributed by atoms with Gasteiger partial charge in [0, 0.05) is 10.0 Å². The molecule has 0 aliphatic carbocycles. The van der Waals surface area contributed by atoms with Gasteiger partial charge in [-0.2, -0.15) is 0 Å². The molecule has 0 saturated carbocycles. The van der Waals surface area contributed by atoms with E-state index in [1.807, 2.05) is 13.0 Å². The molecule has 2 rings (SSSR count). The summed E-state index contributed by atoms with van der Waals surface area (Å²) >= 11 is 9.10. The van der Waals surface area contributed by atoms with Crippen molar-refractivity contribution in [2.75, 3.05) is 6.61 Å². The van der Waals surface area contributed by atoms with Gasteiger partial charge in [-0.1, -0.05) is 22.0 Å². The van der Waals surface area contributed by atoms with E-state index in [9.17, 15) is 5.11 Å². The third kappa shape index (κ3) is 2.88. The highest BCUT2D eigenvalue weighted by Crippen LogP contribution is 2.32. The zero-order valence-corrected chi connectivity index (χ0v) is 12.0. The van der Waals surface area contributed by atoms with Gasteiger partial charge in [-0.05, 0) is 42.8 Å². The Hall–Kier alpha value is -0.970. The van der Waals surface area contributed by atoms with E-state index < -0.39 is 6.10 Å². The number of aliphatic hydroxyl groups is 1. The van der Waals surface area contributed by atoms with Gasteiger partial charge >= 0.3 is 0 Å². The summed E-state index contributed by atoms with van der Waals surface area (Å²) in [6, 6.07) is 8.65. The van der Waals surface area contributed by atoms with E-state index in [0.717, 1.165) is 10.2 Å². The summed E-state index contributed by atoms with van der Waals surface area (Å²) in [7, 11) is 0. The average Bonchev–Trinajstić information content (AvgIpc) is 2.76. The highest BCUT2D eigenvalue weighted by Gasteiger charge is 2.17. The molecule has 2 aromatic rings. The number of rotatable bonds is 4. The summed E-state index contributed by atoms with van der Waals surface area (Å²) in [5.41, 5.74) is 0.699. The van der Waals surface area contributed by atoms with Gasteiger partial charge in [0.1, 0.15) is 17.6 Å². The maximum atomic E-state index is 10.2. The Bertz CT molecular complexity index is 539. The summed E-state index contributed by atoms with van der Waals surface area (Å²) in [5, 5.41) is 10.4. The molecule has 0 aliphatic rings. The summed E-state index contributed by atoms with van der Waals surface area (Å²) in [5.74, 6) is 1.16. The zero-order chi connectivity index (χ0) is 13.1. The first-order valence-corrected chi connectivity index (χ1v) is 6.64. The van der Waals surface area contributed by atoms with Crippen LogP contribution in [-0.4, -0.2) is 11.7 Å². The number of ether oxygens (including phenoxy) is 1. The van der Waals surface area contributed by atoms with Crippen LogP contribution in [0.5, 0.6) is 5.75 Å². The minimum absolute atomic E-state index is 0.256. The Balaban J connectivity index is 2.28. The Labute approximate surface area is 118 Å². The highest BCUT2D eigenvalue weighted by atomic mass is 79.9. The van der Waals surface area contributed by atoms with E-state index in [4.69, 9.17) is 20.8 Å². The molecule has 1 N–H and O–H groups in total. The molecule has 0 saturated heterocycles. The van der Waals surface area contributed by atoms with Crippen molar-refractivity contribution < 1.29 is 14.3 Å². The third-order valence-electron chi connectivity index (χ3n) is 2.44. The van der Waals surface area contributed by atoms with Crippen LogP contribution in [0, 0.1) is 0 Å². The molecule has 0 fully saturated rings. The van der Waals surface area contributed by atoms with Crippen LogP contribution >= 0.6 is 27.5 Å². The SMILES string of the molecule is CCOc1ccc(C(O)c2ccc(Cl)o2)c(Br)c1. The third-order valence-corrected chi connectivity index (χ3v) is 3.33. The Morgan fingerprint density at radius 3 is 2.72 bits per heavy atom. The molecule has 0 aliphatic heterocycles. The van der Waals surface area contributed by atoms with Gasteiger partial charge < -0.3 is 14.3 Å². The highest BCUT2D eigenvalue weighted by molar-refractivity contribution is 9.10. The zero-order valence-electron chi connectivity index (χ0n) is 9.69. The summed E-state index contributed by atoms with van der Waals surface area (Å²) in [6.45, 7) is 2.52. The Kier molecular flexibility index (Phi) is 4.32. The lowest BCUT2D eigenvalue weighted by molar-refractivity contribution is 0.188. The second-order valence-corrected chi connectivity index (χ2v) is 4.89. The predicted molar refractivity (Wildman–Crippen MR) is 73.1 cm³/mol. The maximum absolute atomic E-state index is 10.2. The van der Waals surface area contributed by atoms with Crippen molar-refractivity contribution in [3.8, 4) is 5.75 Å². The lowest BCUT2D eigenvalue weighted by Crippen LogP contribution is -2.00. The number of halogens is 2. The second kappa shape index (κ2) is 5.78. The average molecular weight is 332 g/mol. The monoisotopic (exact) mass is 330 g/mol. The molecule has 3 nitrogen and oxygen atoms in total. The quantitative estimate of drug-likeness (QED) is 0.914. The number of furan rings is 1. The summed E-state index contributed by atoms with van der Waals surface area (Å²) in [6.07, 6.45) is -0.859. The lowest BCUT2D eigenvalue weighted by atomic mass is 10.1. The summed E-state index contributed by atoms with van der Waals surface area (Å²) in [4.78, 5) is 0. The number of aliphatic hydroxyl groups excluding tert-OH is 1. The molecule has 18 heavy (non-hydrogen) atoms. The molecular formula is C13H12BrClO3. The van der Waals surface area contributed by atoms with Crippen LogP contribution < -0.4 is 4.74 Å². The van der Waals surface area contributed by atoms with Crippen LogP contribution in [0.3, 0.4) is 0 Å². The van der Waals surface area contributed by atoms with Crippen LogP contribution in [-0.2, 0) is 0 Å². The van der Waals surface area contributed by atoms with E-state index in [1.165, 1.54) is 0 Å². The van der Waals surface area contributed by atoms with E-state index in [-0.39, 0.29) is 5.22 Å². The Morgan fingerprint density at radius 2 is 2.17 bits per heavy atom. The maximum Gasteiger partial charge on any atom is 0.193 e. The molecule has 1 atom stereocenters. The van der Waals surface area contributed by atoms with Gasteiger partial charge in [-0.25, -0.2) is 0 Å². The molecule has 1 aromatic heterocycles. The fraction of sp³-hybridized carbons (Fsp3) is 0.231. The van der Waals surface area contributed by atoms with Crippen LogP contribution in [0.1, 0.15) is 24.4 Å². The van der Waals surface area contributed by atoms with Gasteiger partial charge in [-0.3, -0.25) is 0 Å². The van der Waals surface area contributed by atoms with Crippen molar-refractivity contribution in [3.05, 3.63) is 51.3 Å². The molecule has 0 amide bonds. The van der Waals surface area contributed by atoms with Gasteiger partial charge in [0.05, 0.1) is 6.61 Å². The van der Waals surface area contributed by atoms with E-state index in [1.54, 1.807) is 24.3 Å². The molecule has 5 heteroatoms. The minimum atomic E-state index is -0.859. The van der Waals surface area contributed by atoms with Gasteiger partial charge in [0.25, 0.3) is 0 Å². The lowest BCUT2D eigenvalue weighted by Gasteiger charge is -2.12. The number of benzene rings is 1. The number of hydrogen-bond donors (Lipinski definition) is 1. The van der Waals surface area contributed by atoms with Gasteiger partial charge in [-0.15, -0.1) is 0 Å². The summed E-state index contributed by atoms with van der Waals surface area (Å²) < 4.78 is 11.3. The first kappa shape index (κ1) is 13.5. The standard InChI is InChI=1S/C13H12BrClO3/c1-2-17-8-3-4-9(10(14)7-8)13(16)11-5-6-12(15)18-11/h3-7,13,16H,2H2,1H3. The van der Waals surface area contributed by atoms with Crippen molar-refractivity contribution in [1.82, 2.24) is 0 Å². The van der Waals surface area contributed by atoms with Crippen molar-refractivity contribution in [1.29, 1.82) is 0 Å². The normalized spacial score (nSPS) is 12.4. The smallest absolute Gasteiger partial charge is 0.193 e. The van der Waals surface area contributed by atoms with Crippen molar-refractivity contribution >= 4 is 27.5 Å². The predicted octanol–water partition coefficient (Wildman–Crippen LogP) is 4.18. The molecular weight excluding hydrogens is 319 g/mol. The molecule has 96 valence electrons. The van der Waals surface area contributed by atoms with Crippen molar-refractivity contribution in [3.63, 3.8) is 0 Å². The number of hydrogen-bond acceptors (Lipinski definition) is 3. The molecule has 1 aromatic carbocycles. The molecule has 0 bridgehead atoms. The van der Waals surface area contributed by atoms with Crippen LogP contribution in [0.15, 0.2) is 39.2 Å². The molecule has 0 spiro atoms. The molecule has 0 radical (unpaired) electrons. The first-order valence-electron chi connectivity index (χ1n) is 5.47. The fourth-order valence-corrected chi connectivity index (χ4v) is 2.34. The van der Waals surface area contributed by atoms with Crippen LogP contribution in [0.4, 0.5) is 0 Å². The largest absolute Gasteiger partial charge is 0.494 e. The van der Waals surface area contributed by atoms with Crippen LogP contribution in [0.25, 0.3) is 0 Å². The molecule has 1 heterocycles. The van der Waals surface area contributed by atoms with Gasteiger partial charge in [0.2, 0.25) is 0 Å². The van der Waals surface area contributed by atoms with Crippen molar-refractivity contribution in [2.24, 2.45) is 0 Å². The first-order chi connectivity index (χ1) is 8.61. The van der Waals surface area contributed by atoms with Gasteiger partial charge in [0.15, 0.2) is 5.22 Å². The topological polar surface area (TPSA) is 42.6 Å². The van der Waals surface area contributed by atoms with E-state index in [0.29, 0.717) is 17.9 Å². The van der Waals surface area contributed by atoms with E-state index in [2.05, 4.69) is 15.9 Å². The Morgan fingerprint density at radius 1 is 1.39 bits per heavy atom. The fourth-order valence-electron chi connectivity index (χ4n) is 1.61. The molecule has 1 unspecified atom stereocenters. The minimum Gasteiger partial charge on any atom is -0.494 e. The van der Waals surface area contributed by atoms with Crippen molar-refractivity contribution in [2.45, 2.75) is 13.0 Å².